The lowest BCUT2D eigenvalue weighted by molar-refractivity contribution is -0.870. The van der Waals surface area contributed by atoms with Crippen molar-refractivity contribution in [3.63, 3.8) is 0 Å². The number of carbonyl (C=O) groups excluding carboxylic acids is 2. The third-order valence-corrected chi connectivity index (χ3v) is 13.7. The molecule has 0 saturated heterocycles. The number of quaternary nitrogens is 1. The Morgan fingerprint density at radius 1 is 0.423 bits per heavy atom. The Bertz CT molecular complexity index is 1210. The summed E-state index contributed by atoms with van der Waals surface area (Å²) in [5.41, 5.74) is 0. The van der Waals surface area contributed by atoms with Crippen LogP contribution in [-0.4, -0.2) is 87.4 Å². The van der Waals surface area contributed by atoms with Gasteiger partial charge in [-0.1, -0.05) is 263 Å². The molecule has 418 valence electrons. The van der Waals surface area contributed by atoms with E-state index in [4.69, 9.17) is 18.9 Å². The molecule has 1 N–H and O–H groups in total. The number of carbonyl (C=O) groups is 3. The maximum atomic E-state index is 12.9. The molecule has 2 unspecified atom stereocenters. The zero-order chi connectivity index (χ0) is 52.0. The first-order chi connectivity index (χ1) is 34.6. The van der Waals surface area contributed by atoms with Gasteiger partial charge in [-0.3, -0.25) is 9.59 Å². The molecular formula is C62H118NO8+. The highest BCUT2D eigenvalue weighted by Crippen LogP contribution is 2.18. The van der Waals surface area contributed by atoms with Crippen molar-refractivity contribution in [2.75, 3.05) is 47.5 Å². The molecule has 0 radical (unpaired) electrons. The molecule has 0 aliphatic rings. The summed E-state index contributed by atoms with van der Waals surface area (Å²) in [6, 6.07) is 0. The molecule has 9 nitrogen and oxygen atoms in total. The van der Waals surface area contributed by atoms with E-state index >= 15 is 0 Å². The van der Waals surface area contributed by atoms with E-state index in [1.807, 2.05) is 21.1 Å². The van der Waals surface area contributed by atoms with Gasteiger partial charge in [0.2, 0.25) is 0 Å². The minimum absolute atomic E-state index is 0.180. The summed E-state index contributed by atoms with van der Waals surface area (Å²) in [5, 5.41) is 9.70. The second-order valence-corrected chi connectivity index (χ2v) is 22.0. The van der Waals surface area contributed by atoms with Gasteiger partial charge in [-0.15, -0.1) is 0 Å². The highest BCUT2D eigenvalue weighted by molar-refractivity contribution is 5.71. The van der Waals surface area contributed by atoms with E-state index in [2.05, 4.69) is 38.2 Å². The first kappa shape index (κ1) is 68.8. The number of allylic oxidation sites excluding steroid dienone is 4. The fourth-order valence-corrected chi connectivity index (χ4v) is 8.99. The Hall–Kier alpha value is -2.23. The highest BCUT2D eigenvalue weighted by Gasteiger charge is 2.25. The predicted molar refractivity (Wildman–Crippen MR) is 300 cm³/mol. The number of hydrogen-bond acceptors (Lipinski definition) is 7. The van der Waals surface area contributed by atoms with Gasteiger partial charge < -0.3 is 28.5 Å². The van der Waals surface area contributed by atoms with Crippen LogP contribution in [0.1, 0.15) is 296 Å². The van der Waals surface area contributed by atoms with Crippen LogP contribution in [0.25, 0.3) is 0 Å². The van der Waals surface area contributed by atoms with Gasteiger partial charge in [0, 0.05) is 12.8 Å². The fourth-order valence-electron chi connectivity index (χ4n) is 8.99. The number of unbranched alkanes of at least 4 members (excludes halogenated alkanes) is 38. The van der Waals surface area contributed by atoms with E-state index in [-0.39, 0.29) is 32.2 Å². The predicted octanol–water partition coefficient (Wildman–Crippen LogP) is 17.9. The minimum atomic E-state index is -1.51. The number of nitrogens with zero attached hydrogens (tertiary/aromatic N) is 1. The van der Waals surface area contributed by atoms with E-state index < -0.39 is 24.3 Å². The second kappa shape index (κ2) is 54.0. The molecule has 0 aromatic rings. The number of rotatable bonds is 57. The smallest absolute Gasteiger partial charge is 0.361 e. The van der Waals surface area contributed by atoms with Gasteiger partial charge in [0.25, 0.3) is 6.29 Å². The minimum Gasteiger partial charge on any atom is -0.477 e. The number of carboxylic acids is 1. The molecule has 0 aliphatic carbocycles. The second-order valence-electron chi connectivity index (χ2n) is 22.0. The maximum absolute atomic E-state index is 12.9. The Balaban J connectivity index is 4.13. The Morgan fingerprint density at radius 3 is 1.13 bits per heavy atom. The molecule has 0 heterocycles. The number of ether oxygens (including phenoxy) is 4. The van der Waals surface area contributed by atoms with Crippen molar-refractivity contribution in [2.24, 2.45) is 0 Å². The summed E-state index contributed by atoms with van der Waals surface area (Å²) in [7, 11) is 5.97. The average Bonchev–Trinajstić information content (AvgIpc) is 3.34. The Labute approximate surface area is 439 Å². The fraction of sp³-hybridized carbons (Fsp3) is 0.887. The molecule has 9 heteroatoms. The van der Waals surface area contributed by atoms with Gasteiger partial charge in [-0.25, -0.2) is 4.79 Å². The molecule has 0 spiro atoms. The van der Waals surface area contributed by atoms with Crippen LogP contribution in [0.3, 0.4) is 0 Å². The molecule has 0 aromatic heterocycles. The van der Waals surface area contributed by atoms with Gasteiger partial charge in [-0.2, -0.15) is 0 Å². The van der Waals surface area contributed by atoms with Crippen molar-refractivity contribution < 1.29 is 42.9 Å². The lowest BCUT2D eigenvalue weighted by Gasteiger charge is -2.25. The van der Waals surface area contributed by atoms with Crippen molar-refractivity contribution in [1.29, 1.82) is 0 Å². The van der Waals surface area contributed by atoms with E-state index in [0.29, 0.717) is 23.9 Å². The van der Waals surface area contributed by atoms with Crippen LogP contribution in [0.5, 0.6) is 0 Å². The first-order valence-electron chi connectivity index (χ1n) is 30.5. The van der Waals surface area contributed by atoms with Crippen molar-refractivity contribution in [2.45, 2.75) is 309 Å². The van der Waals surface area contributed by atoms with Crippen LogP contribution in [0.15, 0.2) is 24.3 Å². The van der Waals surface area contributed by atoms with E-state index in [0.717, 1.165) is 51.4 Å². The topological polar surface area (TPSA) is 108 Å². The van der Waals surface area contributed by atoms with Crippen LogP contribution < -0.4 is 0 Å². The standard InChI is InChI=1S/C62H117NO8/c1-6-8-10-12-14-16-18-20-22-24-26-27-28-29-30-31-32-33-34-35-37-38-40-42-44-46-48-50-52-59(64)69-56-58(57-70-62(61(66)67)68-55-54-63(3,4)5)71-60(65)53-51-49-47-45-43-41-39-36-25-23-21-19-17-15-13-11-9-7-2/h17,19,23,25,58,62H,6-16,18,20-22,24,26-57H2,1-5H3/p+1/b19-17-,25-23-. The normalized spacial score (nSPS) is 12.9. The van der Waals surface area contributed by atoms with Crippen LogP contribution in [0.4, 0.5) is 0 Å². The molecule has 0 fully saturated rings. The molecule has 0 rings (SSSR count). The monoisotopic (exact) mass is 1000 g/mol. The largest absolute Gasteiger partial charge is 0.477 e. The van der Waals surface area contributed by atoms with Gasteiger partial charge in [-0.05, 0) is 44.9 Å². The molecule has 0 amide bonds. The zero-order valence-corrected chi connectivity index (χ0v) is 47.7. The lowest BCUT2D eigenvalue weighted by atomic mass is 10.0. The van der Waals surface area contributed by atoms with Crippen molar-refractivity contribution in [1.82, 2.24) is 0 Å². The molecule has 71 heavy (non-hydrogen) atoms. The van der Waals surface area contributed by atoms with E-state index in [9.17, 15) is 19.5 Å². The number of esters is 2. The first-order valence-corrected chi connectivity index (χ1v) is 30.5. The van der Waals surface area contributed by atoms with E-state index in [1.54, 1.807) is 0 Å². The van der Waals surface area contributed by atoms with Gasteiger partial charge in [0.05, 0.1) is 34.4 Å². The maximum Gasteiger partial charge on any atom is 0.361 e. The highest BCUT2D eigenvalue weighted by atomic mass is 16.7. The summed E-state index contributed by atoms with van der Waals surface area (Å²) in [5.74, 6) is -2.00. The van der Waals surface area contributed by atoms with E-state index in [1.165, 1.54) is 212 Å². The summed E-state index contributed by atoms with van der Waals surface area (Å²) >= 11 is 0. The zero-order valence-electron chi connectivity index (χ0n) is 47.7. The van der Waals surface area contributed by atoms with Crippen LogP contribution in [0, 0.1) is 0 Å². The molecular weight excluding hydrogens is 887 g/mol. The molecule has 0 aromatic carbocycles. The molecule has 2 atom stereocenters. The quantitative estimate of drug-likeness (QED) is 0.0211. The average molecular weight is 1010 g/mol. The molecule has 0 bridgehead atoms. The molecule has 0 aliphatic heterocycles. The van der Waals surface area contributed by atoms with Crippen LogP contribution >= 0.6 is 0 Å². The number of carboxylic acid groups (broad SMARTS) is 1. The number of aliphatic carboxylic acids is 1. The molecule has 0 saturated carbocycles. The summed E-state index contributed by atoms with van der Waals surface area (Å²) < 4.78 is 22.9. The van der Waals surface area contributed by atoms with Crippen LogP contribution in [-0.2, 0) is 33.3 Å². The van der Waals surface area contributed by atoms with Gasteiger partial charge in [0.1, 0.15) is 13.2 Å². The van der Waals surface area contributed by atoms with Gasteiger partial charge in [0.15, 0.2) is 6.10 Å². The summed E-state index contributed by atoms with van der Waals surface area (Å²) in [6.07, 6.45) is 61.3. The van der Waals surface area contributed by atoms with Crippen molar-refractivity contribution in [3.8, 4) is 0 Å². The van der Waals surface area contributed by atoms with Crippen LogP contribution in [0.2, 0.25) is 0 Å². The third-order valence-electron chi connectivity index (χ3n) is 13.7. The van der Waals surface area contributed by atoms with Crippen molar-refractivity contribution in [3.05, 3.63) is 24.3 Å². The summed E-state index contributed by atoms with van der Waals surface area (Å²) in [4.78, 5) is 37.4. The number of likely N-dealkylation sites (N-methyl/N-ethyl adjacent to an activating group) is 1. The van der Waals surface area contributed by atoms with Crippen molar-refractivity contribution >= 4 is 17.9 Å². The summed E-state index contributed by atoms with van der Waals surface area (Å²) in [6.45, 7) is 4.90. The lowest BCUT2D eigenvalue weighted by Crippen LogP contribution is -2.40. The Kier molecular flexibility index (Phi) is 52.3. The number of hydrogen-bond donors (Lipinski definition) is 1. The van der Waals surface area contributed by atoms with Gasteiger partial charge >= 0.3 is 17.9 Å². The Morgan fingerprint density at radius 2 is 0.761 bits per heavy atom. The SMILES string of the molecule is CCCCCC/C=C\C/C=C\CCCCCCCCCC(=O)OC(COC(=O)CCCCCCCCCCCCCCCCCCCCCCCCCCCCCC)COC(OCC[N+](C)(C)C)C(=O)O. The third kappa shape index (κ3) is 55.4.